The summed E-state index contributed by atoms with van der Waals surface area (Å²) >= 11 is 0. The molecule has 2 unspecified atom stereocenters. The third-order valence-corrected chi connectivity index (χ3v) is 2.75. The van der Waals surface area contributed by atoms with E-state index in [1.54, 1.807) is 0 Å². The summed E-state index contributed by atoms with van der Waals surface area (Å²) in [5, 5.41) is 0. The van der Waals surface area contributed by atoms with Gasteiger partial charge in [-0.3, -0.25) is 0 Å². The van der Waals surface area contributed by atoms with Crippen molar-refractivity contribution in [1.82, 2.24) is 9.97 Å². The molecule has 1 aliphatic carbocycles. The summed E-state index contributed by atoms with van der Waals surface area (Å²) in [5.41, 5.74) is 7.99. The molecule has 0 bridgehead atoms. The number of rotatable bonds is 0. The largest absolute Gasteiger partial charge is 0.368 e. The molecule has 13 heavy (non-hydrogen) atoms. The summed E-state index contributed by atoms with van der Waals surface area (Å²) in [7, 11) is 0. The third kappa shape index (κ3) is 1.50. The van der Waals surface area contributed by atoms with Crippen LogP contribution in [0.25, 0.3) is 0 Å². The topological polar surface area (TPSA) is 51.8 Å². The van der Waals surface area contributed by atoms with E-state index in [2.05, 4.69) is 23.8 Å². The van der Waals surface area contributed by atoms with Gasteiger partial charge in [0.15, 0.2) is 0 Å². The molecule has 0 aromatic carbocycles. The average molecular weight is 177 g/mol. The molecule has 0 amide bonds. The first-order valence-electron chi connectivity index (χ1n) is 4.78. The molecule has 0 fully saturated rings. The summed E-state index contributed by atoms with van der Waals surface area (Å²) in [6, 6.07) is 0. The number of nitrogens with zero attached hydrogens (tertiary/aromatic N) is 2. The van der Waals surface area contributed by atoms with Crippen LogP contribution in [-0.2, 0) is 6.42 Å². The van der Waals surface area contributed by atoms with Crippen molar-refractivity contribution in [3.8, 4) is 0 Å². The minimum Gasteiger partial charge on any atom is -0.368 e. The number of aromatic nitrogens is 2. The van der Waals surface area contributed by atoms with Gasteiger partial charge in [0.2, 0.25) is 5.95 Å². The van der Waals surface area contributed by atoms with Gasteiger partial charge in [0.05, 0.1) is 0 Å². The number of hydrogen-bond acceptors (Lipinski definition) is 3. The Kier molecular flexibility index (Phi) is 1.94. The molecule has 2 atom stereocenters. The summed E-state index contributed by atoms with van der Waals surface area (Å²) in [4.78, 5) is 8.32. The van der Waals surface area contributed by atoms with E-state index in [-0.39, 0.29) is 0 Å². The molecule has 1 heterocycles. The number of nitrogen functional groups attached to an aromatic ring is 1. The summed E-state index contributed by atoms with van der Waals surface area (Å²) < 4.78 is 0. The molecule has 70 valence electrons. The lowest BCUT2D eigenvalue weighted by Crippen LogP contribution is -2.17. The Morgan fingerprint density at radius 1 is 1.46 bits per heavy atom. The van der Waals surface area contributed by atoms with E-state index in [4.69, 9.17) is 5.73 Å². The van der Waals surface area contributed by atoms with Crippen molar-refractivity contribution in [1.29, 1.82) is 0 Å². The Balaban J connectivity index is 2.43. The van der Waals surface area contributed by atoms with Crippen LogP contribution >= 0.6 is 0 Å². The quantitative estimate of drug-likeness (QED) is 0.656. The van der Waals surface area contributed by atoms with Crippen LogP contribution in [0.5, 0.6) is 0 Å². The molecule has 0 spiro atoms. The van der Waals surface area contributed by atoms with Gasteiger partial charge in [-0.05, 0) is 30.2 Å². The average Bonchev–Trinajstić information content (AvgIpc) is 2.02. The first-order valence-corrected chi connectivity index (χ1v) is 4.78. The van der Waals surface area contributed by atoms with Gasteiger partial charge in [0, 0.05) is 11.9 Å². The highest BCUT2D eigenvalue weighted by molar-refractivity contribution is 5.29. The van der Waals surface area contributed by atoms with Crippen LogP contribution in [0, 0.1) is 5.92 Å². The van der Waals surface area contributed by atoms with Crippen molar-refractivity contribution >= 4 is 5.95 Å². The fourth-order valence-electron chi connectivity index (χ4n) is 2.16. The molecule has 1 aromatic rings. The molecule has 0 radical (unpaired) electrons. The summed E-state index contributed by atoms with van der Waals surface area (Å²) in [6.07, 6.45) is 4.17. The second-order valence-electron chi connectivity index (χ2n) is 4.08. The highest BCUT2D eigenvalue weighted by atomic mass is 15.0. The molecule has 0 aliphatic heterocycles. The normalized spacial score (nSPS) is 26.9. The van der Waals surface area contributed by atoms with E-state index < -0.39 is 0 Å². The molecule has 1 aromatic heterocycles. The Bertz CT molecular complexity index is 322. The number of anilines is 1. The van der Waals surface area contributed by atoms with Crippen LogP contribution in [0.2, 0.25) is 0 Å². The maximum absolute atomic E-state index is 5.55. The van der Waals surface area contributed by atoms with Gasteiger partial charge < -0.3 is 5.73 Å². The van der Waals surface area contributed by atoms with Crippen molar-refractivity contribution < 1.29 is 0 Å². The molecular weight excluding hydrogens is 162 g/mol. The maximum Gasteiger partial charge on any atom is 0.220 e. The van der Waals surface area contributed by atoms with Crippen molar-refractivity contribution in [3.05, 3.63) is 17.5 Å². The zero-order chi connectivity index (χ0) is 9.42. The van der Waals surface area contributed by atoms with Gasteiger partial charge in [-0.25, -0.2) is 9.97 Å². The lowest BCUT2D eigenvalue weighted by atomic mass is 9.82. The summed E-state index contributed by atoms with van der Waals surface area (Å²) in [5.74, 6) is 1.70. The Labute approximate surface area is 78.4 Å². The van der Waals surface area contributed by atoms with E-state index in [1.165, 1.54) is 12.0 Å². The number of hydrogen-bond donors (Lipinski definition) is 1. The second-order valence-corrected chi connectivity index (χ2v) is 4.08. The molecule has 0 saturated carbocycles. The van der Waals surface area contributed by atoms with Crippen molar-refractivity contribution in [2.45, 2.75) is 32.6 Å². The zero-order valence-electron chi connectivity index (χ0n) is 8.12. The SMILES string of the molecule is CC1Cc2nc(N)ncc2C(C)C1. The standard InChI is InChI=1S/C10H15N3/c1-6-3-7(2)8-5-12-10(11)13-9(8)4-6/h5-7H,3-4H2,1-2H3,(H2,11,12,13). The lowest BCUT2D eigenvalue weighted by molar-refractivity contribution is 0.441. The fraction of sp³-hybridized carbons (Fsp3) is 0.600. The van der Waals surface area contributed by atoms with E-state index in [0.717, 1.165) is 18.0 Å². The predicted octanol–water partition coefficient (Wildman–Crippen LogP) is 1.74. The highest BCUT2D eigenvalue weighted by Crippen LogP contribution is 2.32. The molecular formula is C10H15N3. The van der Waals surface area contributed by atoms with Crippen molar-refractivity contribution in [2.75, 3.05) is 5.73 Å². The maximum atomic E-state index is 5.55. The first-order chi connectivity index (χ1) is 6.16. The molecule has 2 rings (SSSR count). The Morgan fingerprint density at radius 2 is 2.23 bits per heavy atom. The monoisotopic (exact) mass is 177 g/mol. The van der Waals surface area contributed by atoms with Crippen LogP contribution in [0.15, 0.2) is 6.20 Å². The van der Waals surface area contributed by atoms with Crippen LogP contribution in [0.1, 0.15) is 37.4 Å². The predicted molar refractivity (Wildman–Crippen MR) is 52.3 cm³/mol. The molecule has 0 saturated heterocycles. The van der Waals surface area contributed by atoms with Gasteiger partial charge >= 0.3 is 0 Å². The van der Waals surface area contributed by atoms with E-state index in [9.17, 15) is 0 Å². The van der Waals surface area contributed by atoms with Crippen molar-refractivity contribution in [3.63, 3.8) is 0 Å². The van der Waals surface area contributed by atoms with Gasteiger partial charge in [-0.2, -0.15) is 0 Å². The van der Waals surface area contributed by atoms with Crippen LogP contribution in [-0.4, -0.2) is 9.97 Å². The fourth-order valence-corrected chi connectivity index (χ4v) is 2.16. The van der Waals surface area contributed by atoms with E-state index >= 15 is 0 Å². The Morgan fingerprint density at radius 3 is 3.00 bits per heavy atom. The third-order valence-electron chi connectivity index (χ3n) is 2.75. The molecule has 3 nitrogen and oxygen atoms in total. The minimum atomic E-state index is 0.403. The van der Waals surface area contributed by atoms with E-state index in [0.29, 0.717) is 11.9 Å². The molecule has 3 heteroatoms. The first kappa shape index (κ1) is 8.48. The molecule has 1 aliphatic rings. The van der Waals surface area contributed by atoms with Gasteiger partial charge in [0.1, 0.15) is 0 Å². The van der Waals surface area contributed by atoms with Crippen LogP contribution < -0.4 is 5.73 Å². The Hall–Kier alpha value is -1.12. The van der Waals surface area contributed by atoms with Gasteiger partial charge in [0.25, 0.3) is 0 Å². The second kappa shape index (κ2) is 2.98. The van der Waals surface area contributed by atoms with E-state index in [1.807, 2.05) is 6.20 Å². The molecule has 2 N–H and O–H groups in total. The van der Waals surface area contributed by atoms with Crippen molar-refractivity contribution in [2.24, 2.45) is 5.92 Å². The number of fused-ring (bicyclic) bond motifs is 1. The van der Waals surface area contributed by atoms with Crippen LogP contribution in [0.4, 0.5) is 5.95 Å². The smallest absolute Gasteiger partial charge is 0.220 e. The minimum absolute atomic E-state index is 0.403. The van der Waals surface area contributed by atoms with Crippen LogP contribution in [0.3, 0.4) is 0 Å². The highest BCUT2D eigenvalue weighted by Gasteiger charge is 2.22. The lowest BCUT2D eigenvalue weighted by Gasteiger charge is -2.25. The van der Waals surface area contributed by atoms with Gasteiger partial charge in [-0.1, -0.05) is 13.8 Å². The summed E-state index contributed by atoms with van der Waals surface area (Å²) in [6.45, 7) is 4.49. The van der Waals surface area contributed by atoms with Gasteiger partial charge in [-0.15, -0.1) is 0 Å². The number of nitrogens with two attached hydrogens (primary N) is 1. The zero-order valence-corrected chi connectivity index (χ0v) is 8.12.